The van der Waals surface area contributed by atoms with Crippen molar-refractivity contribution < 1.29 is 18.6 Å². The molecule has 2 heterocycles. The number of benzene rings is 1. The molecular weight excluding hydrogens is 356 g/mol. The van der Waals surface area contributed by atoms with E-state index in [1.54, 1.807) is 0 Å². The van der Waals surface area contributed by atoms with Crippen molar-refractivity contribution in [3.8, 4) is 0 Å². The van der Waals surface area contributed by atoms with Gasteiger partial charge in [-0.05, 0) is 37.0 Å². The minimum absolute atomic E-state index is 0.0420. The molecule has 5 atom stereocenters. The van der Waals surface area contributed by atoms with Gasteiger partial charge in [-0.1, -0.05) is 57.2 Å². The van der Waals surface area contributed by atoms with Gasteiger partial charge in [-0.25, -0.2) is 0 Å². The summed E-state index contributed by atoms with van der Waals surface area (Å²) in [4.78, 5) is 0. The van der Waals surface area contributed by atoms with E-state index in [0.29, 0.717) is 6.61 Å². The molecule has 0 aliphatic carbocycles. The van der Waals surface area contributed by atoms with E-state index in [1.807, 2.05) is 24.8 Å². The average molecular weight is 392 g/mol. The zero-order valence-electron chi connectivity index (χ0n) is 17.6. The second-order valence-electron chi connectivity index (χ2n) is 9.41. The first-order chi connectivity index (χ1) is 12.7. The highest BCUT2D eigenvalue weighted by atomic mass is 28.4. The molecule has 4 nitrogen and oxygen atoms in total. The highest BCUT2D eigenvalue weighted by Gasteiger charge is 2.45. The molecule has 0 saturated carbocycles. The molecule has 0 spiro atoms. The third-order valence-corrected chi connectivity index (χ3v) is 10.6. The van der Waals surface area contributed by atoms with Crippen molar-refractivity contribution in [2.75, 3.05) is 0 Å². The molecule has 0 bridgehead atoms. The van der Waals surface area contributed by atoms with Gasteiger partial charge in [0.2, 0.25) is 0 Å². The number of epoxide rings is 1. The summed E-state index contributed by atoms with van der Waals surface area (Å²) in [5.41, 5.74) is 1.19. The maximum absolute atomic E-state index is 6.78. The minimum Gasteiger partial charge on any atom is -0.570 e. The molecule has 27 heavy (non-hydrogen) atoms. The van der Waals surface area contributed by atoms with Crippen LogP contribution in [-0.4, -0.2) is 38.8 Å². The van der Waals surface area contributed by atoms with Gasteiger partial charge in [0, 0.05) is 6.42 Å². The van der Waals surface area contributed by atoms with Gasteiger partial charge in [-0.3, -0.25) is 0 Å². The van der Waals surface area contributed by atoms with Crippen molar-refractivity contribution in [2.24, 2.45) is 0 Å². The summed E-state index contributed by atoms with van der Waals surface area (Å²) < 4.78 is 24.8. The molecular formula is C22H35O4Si-. The zero-order valence-corrected chi connectivity index (χ0v) is 18.6. The summed E-state index contributed by atoms with van der Waals surface area (Å²) in [7, 11) is -1.89. The topological polar surface area (TPSA) is 40.2 Å². The lowest BCUT2D eigenvalue weighted by atomic mass is 9.96. The number of rotatable bonds is 7. The Morgan fingerprint density at radius 2 is 1.81 bits per heavy atom. The first kappa shape index (κ1) is 21.0. The van der Waals surface area contributed by atoms with Crippen molar-refractivity contribution >= 4 is 8.32 Å². The van der Waals surface area contributed by atoms with Crippen LogP contribution >= 0.6 is 0 Å². The molecule has 2 fully saturated rings. The number of ether oxygens (including phenoxy) is 3. The quantitative estimate of drug-likeness (QED) is 0.369. The molecule has 2 aliphatic rings. The predicted molar refractivity (Wildman–Crippen MR) is 110 cm³/mol. The Morgan fingerprint density at radius 3 is 2.41 bits per heavy atom. The first-order valence-electron chi connectivity index (χ1n) is 10.1. The minimum atomic E-state index is -1.89. The van der Waals surface area contributed by atoms with E-state index in [2.05, 4.69) is 52.9 Å². The Kier molecular flexibility index (Phi) is 6.48. The Labute approximate surface area is 165 Å². The van der Waals surface area contributed by atoms with Gasteiger partial charge in [-0.2, -0.15) is 6.61 Å². The highest BCUT2D eigenvalue weighted by molar-refractivity contribution is 6.74. The monoisotopic (exact) mass is 391 g/mol. The third kappa shape index (κ3) is 5.64. The normalized spacial score (nSPS) is 31.7. The van der Waals surface area contributed by atoms with Crippen molar-refractivity contribution in [3.05, 3.63) is 42.5 Å². The maximum Gasteiger partial charge on any atom is 0.192 e. The van der Waals surface area contributed by atoms with Crippen LogP contribution in [0.1, 0.15) is 46.1 Å². The van der Waals surface area contributed by atoms with E-state index in [0.717, 1.165) is 12.8 Å². The SMILES string of the molecule is C[C@H]1O[C@@H](C[C@@H]2[CH-]O2)[C@H](O[Si](C)(C)C(C)(C)C)C[C@@H]1OCc1ccccc1. The third-order valence-electron chi connectivity index (χ3n) is 6.14. The Morgan fingerprint density at radius 1 is 1.15 bits per heavy atom. The van der Waals surface area contributed by atoms with Gasteiger partial charge in [0.05, 0.1) is 31.0 Å². The van der Waals surface area contributed by atoms with E-state index < -0.39 is 8.32 Å². The largest absolute Gasteiger partial charge is 0.570 e. The fourth-order valence-corrected chi connectivity index (χ4v) is 4.65. The van der Waals surface area contributed by atoms with Gasteiger partial charge >= 0.3 is 0 Å². The second-order valence-corrected chi connectivity index (χ2v) is 14.2. The molecule has 3 rings (SSSR count). The summed E-state index contributed by atoms with van der Waals surface area (Å²) in [6.45, 7) is 16.1. The van der Waals surface area contributed by atoms with Crippen molar-refractivity contribution in [1.29, 1.82) is 0 Å². The molecule has 5 heteroatoms. The maximum atomic E-state index is 6.78. The molecule has 0 unspecified atom stereocenters. The summed E-state index contributed by atoms with van der Waals surface area (Å²) in [5.74, 6) is 0. The molecule has 0 aromatic heterocycles. The molecule has 1 aromatic rings. The van der Waals surface area contributed by atoms with Crippen LogP contribution in [0.5, 0.6) is 0 Å². The standard InChI is InChI=1S/C22H35O4Si/c1-16-19(24-14-17-10-8-7-9-11-17)13-21(20(25-16)12-18-15-23-18)26-27(5,6)22(2,3)4/h7-11,15-16,18-21H,12-14H2,1-6H3/q-1/t16-,18-,19+,20+,21-/m1/s1. The zero-order chi connectivity index (χ0) is 19.7. The van der Waals surface area contributed by atoms with Gasteiger partial charge in [0.15, 0.2) is 8.32 Å². The molecule has 0 amide bonds. The van der Waals surface area contributed by atoms with Crippen LogP contribution in [0.25, 0.3) is 0 Å². The van der Waals surface area contributed by atoms with Crippen LogP contribution in [0, 0.1) is 6.61 Å². The van der Waals surface area contributed by atoms with Crippen LogP contribution in [0.15, 0.2) is 30.3 Å². The van der Waals surface area contributed by atoms with E-state index >= 15 is 0 Å². The predicted octanol–water partition coefficient (Wildman–Crippen LogP) is 5.09. The lowest BCUT2D eigenvalue weighted by Crippen LogP contribution is -2.54. The molecule has 2 saturated heterocycles. The van der Waals surface area contributed by atoms with Gasteiger partial charge in [0.25, 0.3) is 0 Å². The van der Waals surface area contributed by atoms with E-state index in [-0.39, 0.29) is 35.6 Å². The Balaban J connectivity index is 1.66. The summed E-state index contributed by atoms with van der Waals surface area (Å²) in [6, 6.07) is 10.3. The van der Waals surface area contributed by atoms with Gasteiger partial charge in [0.1, 0.15) is 0 Å². The number of hydrogen-bond donors (Lipinski definition) is 0. The van der Waals surface area contributed by atoms with Crippen LogP contribution in [-0.2, 0) is 25.2 Å². The fourth-order valence-electron chi connectivity index (χ4n) is 3.29. The van der Waals surface area contributed by atoms with Gasteiger partial charge in [-0.15, -0.1) is 0 Å². The fraction of sp³-hybridized carbons (Fsp3) is 0.682. The van der Waals surface area contributed by atoms with Gasteiger partial charge < -0.3 is 18.6 Å². The van der Waals surface area contributed by atoms with E-state index in [4.69, 9.17) is 18.6 Å². The second kappa shape index (κ2) is 8.33. The van der Waals surface area contributed by atoms with E-state index in [1.165, 1.54) is 5.56 Å². The number of hydrogen-bond acceptors (Lipinski definition) is 4. The summed E-state index contributed by atoms with van der Waals surface area (Å²) in [6.07, 6.45) is 2.17. The van der Waals surface area contributed by atoms with Crippen LogP contribution in [0.2, 0.25) is 18.1 Å². The smallest absolute Gasteiger partial charge is 0.192 e. The highest BCUT2D eigenvalue weighted by Crippen LogP contribution is 2.41. The van der Waals surface area contributed by atoms with Crippen LogP contribution in [0.4, 0.5) is 0 Å². The lowest BCUT2D eigenvalue weighted by Gasteiger charge is -2.46. The van der Waals surface area contributed by atoms with E-state index in [9.17, 15) is 0 Å². The Hall–Kier alpha value is -0.723. The molecule has 0 N–H and O–H groups in total. The van der Waals surface area contributed by atoms with Crippen molar-refractivity contribution in [1.82, 2.24) is 0 Å². The summed E-state index contributed by atoms with van der Waals surface area (Å²) in [5, 5.41) is 0.170. The molecule has 2 aliphatic heterocycles. The van der Waals surface area contributed by atoms with Crippen molar-refractivity contribution in [3.63, 3.8) is 0 Å². The van der Waals surface area contributed by atoms with Crippen LogP contribution < -0.4 is 0 Å². The molecule has 0 radical (unpaired) electrons. The first-order valence-corrected chi connectivity index (χ1v) is 13.0. The van der Waals surface area contributed by atoms with Crippen molar-refractivity contribution in [2.45, 2.75) is 95.8 Å². The van der Waals surface area contributed by atoms with Crippen LogP contribution in [0.3, 0.4) is 0 Å². The average Bonchev–Trinajstić information content (AvgIpc) is 3.40. The summed E-state index contributed by atoms with van der Waals surface area (Å²) >= 11 is 0. The molecule has 1 aromatic carbocycles. The lowest BCUT2D eigenvalue weighted by molar-refractivity contribution is -0.179. The molecule has 152 valence electrons. The Bertz CT molecular complexity index is 594.